The van der Waals surface area contributed by atoms with Crippen LogP contribution in [0.2, 0.25) is 5.02 Å². The van der Waals surface area contributed by atoms with Crippen molar-refractivity contribution in [3.8, 4) is 0 Å². The van der Waals surface area contributed by atoms with Gasteiger partial charge in [0.1, 0.15) is 0 Å². The number of aliphatic hydroxyl groups excluding tert-OH is 1. The lowest BCUT2D eigenvalue weighted by atomic mass is 10.1. The Balaban J connectivity index is 2.40. The molecule has 1 aromatic heterocycles. The quantitative estimate of drug-likeness (QED) is 0.816. The average molecular weight is 213 g/mol. The van der Waals surface area contributed by atoms with Gasteiger partial charge in [0, 0.05) is 6.54 Å². The van der Waals surface area contributed by atoms with Crippen molar-refractivity contribution in [1.29, 1.82) is 0 Å². The van der Waals surface area contributed by atoms with Gasteiger partial charge in [-0.15, -0.1) is 0 Å². The molecule has 2 rings (SSSR count). The summed E-state index contributed by atoms with van der Waals surface area (Å²) in [5.74, 6) is 0. The average Bonchev–Trinajstić information content (AvgIpc) is 2.71. The molecule has 4 heteroatoms. The maximum Gasteiger partial charge on any atom is 0.0862 e. The molecular weight excluding hydrogens is 200 g/mol. The van der Waals surface area contributed by atoms with Gasteiger partial charge in [0.05, 0.1) is 23.0 Å². The van der Waals surface area contributed by atoms with Gasteiger partial charge in [0.15, 0.2) is 0 Å². The number of aryl methyl sites for hydroxylation is 1. The van der Waals surface area contributed by atoms with Gasteiger partial charge in [-0.2, -0.15) is 5.10 Å². The highest BCUT2D eigenvalue weighted by molar-refractivity contribution is 6.32. The van der Waals surface area contributed by atoms with Crippen molar-refractivity contribution in [3.05, 3.63) is 23.0 Å². The van der Waals surface area contributed by atoms with Crippen LogP contribution >= 0.6 is 11.6 Å². The summed E-state index contributed by atoms with van der Waals surface area (Å²) in [7, 11) is 0. The van der Waals surface area contributed by atoms with Gasteiger partial charge in [-0.25, -0.2) is 0 Å². The Labute approximate surface area is 88.0 Å². The molecular formula is C10H13ClN2O. The highest BCUT2D eigenvalue weighted by Crippen LogP contribution is 2.32. The number of hydrogen-bond acceptors (Lipinski definition) is 2. The zero-order valence-corrected chi connectivity index (χ0v) is 8.83. The van der Waals surface area contributed by atoms with E-state index in [2.05, 4.69) is 5.10 Å². The van der Waals surface area contributed by atoms with Crippen LogP contribution in [0.25, 0.3) is 5.57 Å². The molecule has 1 atom stereocenters. The summed E-state index contributed by atoms with van der Waals surface area (Å²) < 4.78 is 1.87. The molecule has 0 bridgehead atoms. The second-order valence-corrected chi connectivity index (χ2v) is 3.86. The van der Waals surface area contributed by atoms with Crippen molar-refractivity contribution < 1.29 is 5.11 Å². The number of halogens is 1. The minimum absolute atomic E-state index is 0.318. The summed E-state index contributed by atoms with van der Waals surface area (Å²) in [5.41, 5.74) is 2.08. The topological polar surface area (TPSA) is 38.0 Å². The van der Waals surface area contributed by atoms with Crippen molar-refractivity contribution in [2.24, 2.45) is 0 Å². The maximum atomic E-state index is 9.40. The first kappa shape index (κ1) is 9.74. The normalized spacial score (nSPS) is 21.4. The van der Waals surface area contributed by atoms with Crippen LogP contribution < -0.4 is 0 Å². The molecule has 0 spiro atoms. The van der Waals surface area contributed by atoms with E-state index in [-0.39, 0.29) is 6.10 Å². The molecule has 1 N–H and O–H groups in total. The van der Waals surface area contributed by atoms with Gasteiger partial charge >= 0.3 is 0 Å². The summed E-state index contributed by atoms with van der Waals surface area (Å²) in [6, 6.07) is 0. The molecule has 1 heterocycles. The van der Waals surface area contributed by atoms with Gasteiger partial charge in [-0.3, -0.25) is 4.68 Å². The van der Waals surface area contributed by atoms with Crippen LogP contribution in [0.15, 0.2) is 12.3 Å². The van der Waals surface area contributed by atoms with E-state index in [0.29, 0.717) is 5.02 Å². The van der Waals surface area contributed by atoms with E-state index in [1.165, 1.54) is 0 Å². The number of aromatic nitrogens is 2. The fourth-order valence-electron chi connectivity index (χ4n) is 1.82. The van der Waals surface area contributed by atoms with E-state index in [0.717, 1.165) is 30.7 Å². The molecule has 0 saturated heterocycles. The Morgan fingerprint density at radius 2 is 2.50 bits per heavy atom. The van der Waals surface area contributed by atoms with Gasteiger partial charge in [0.2, 0.25) is 0 Å². The van der Waals surface area contributed by atoms with E-state index in [1.54, 1.807) is 6.20 Å². The number of aliphatic hydroxyl groups is 1. The molecule has 14 heavy (non-hydrogen) atoms. The molecule has 0 radical (unpaired) electrons. The third kappa shape index (κ3) is 1.57. The third-order valence-electron chi connectivity index (χ3n) is 2.50. The van der Waals surface area contributed by atoms with Crippen LogP contribution in [-0.2, 0) is 6.54 Å². The molecule has 1 aromatic rings. The van der Waals surface area contributed by atoms with Crippen LogP contribution in [0.3, 0.4) is 0 Å². The second kappa shape index (κ2) is 3.75. The standard InChI is InChI=1S/C10H13ClN2O/c1-2-13-10(9(11)6-12-13)7-3-4-8(14)5-7/h5-6,8,14H,2-4H2,1H3. The largest absolute Gasteiger partial charge is 0.389 e. The van der Waals surface area contributed by atoms with Crippen LogP contribution in [0, 0.1) is 0 Å². The van der Waals surface area contributed by atoms with E-state index >= 15 is 0 Å². The molecule has 0 aliphatic heterocycles. The number of rotatable bonds is 2. The predicted octanol–water partition coefficient (Wildman–Crippen LogP) is 2.09. The lowest BCUT2D eigenvalue weighted by Gasteiger charge is -2.05. The Hall–Kier alpha value is -0.800. The smallest absolute Gasteiger partial charge is 0.0862 e. The molecule has 0 fully saturated rings. The summed E-state index contributed by atoms with van der Waals surface area (Å²) in [5, 5.41) is 14.2. The molecule has 0 saturated carbocycles. The lowest BCUT2D eigenvalue weighted by molar-refractivity contribution is 0.223. The Kier molecular flexibility index (Phi) is 2.61. The van der Waals surface area contributed by atoms with Crippen LogP contribution in [0.4, 0.5) is 0 Å². The highest BCUT2D eigenvalue weighted by Gasteiger charge is 2.19. The van der Waals surface area contributed by atoms with Crippen molar-refractivity contribution in [3.63, 3.8) is 0 Å². The van der Waals surface area contributed by atoms with Crippen molar-refractivity contribution in [2.75, 3.05) is 0 Å². The number of nitrogens with zero attached hydrogens (tertiary/aromatic N) is 2. The predicted molar refractivity (Wildman–Crippen MR) is 56.1 cm³/mol. The molecule has 1 unspecified atom stereocenters. The van der Waals surface area contributed by atoms with E-state index in [1.807, 2.05) is 17.7 Å². The molecule has 3 nitrogen and oxygen atoms in total. The van der Waals surface area contributed by atoms with Crippen LogP contribution in [0.5, 0.6) is 0 Å². The maximum absolute atomic E-state index is 9.40. The lowest BCUT2D eigenvalue weighted by Crippen LogP contribution is -2.01. The van der Waals surface area contributed by atoms with Crippen molar-refractivity contribution in [1.82, 2.24) is 9.78 Å². The SMILES string of the molecule is CCn1ncc(Cl)c1C1=CC(O)CC1. The summed E-state index contributed by atoms with van der Waals surface area (Å²) in [6.45, 7) is 2.83. The van der Waals surface area contributed by atoms with Crippen LogP contribution in [-0.4, -0.2) is 21.0 Å². The first-order valence-corrected chi connectivity index (χ1v) is 5.20. The summed E-state index contributed by atoms with van der Waals surface area (Å²) in [4.78, 5) is 0. The van der Waals surface area contributed by atoms with Gasteiger partial charge in [0.25, 0.3) is 0 Å². The van der Waals surface area contributed by atoms with Crippen LogP contribution in [0.1, 0.15) is 25.5 Å². The Bertz CT molecular complexity index is 370. The second-order valence-electron chi connectivity index (χ2n) is 3.45. The van der Waals surface area contributed by atoms with E-state index < -0.39 is 0 Å². The molecule has 0 aromatic carbocycles. The zero-order chi connectivity index (χ0) is 10.1. The van der Waals surface area contributed by atoms with E-state index in [4.69, 9.17) is 11.6 Å². The summed E-state index contributed by atoms with van der Waals surface area (Å²) in [6.07, 6.45) is 4.88. The van der Waals surface area contributed by atoms with Gasteiger partial charge in [-0.1, -0.05) is 17.7 Å². The molecule has 76 valence electrons. The van der Waals surface area contributed by atoms with Crippen molar-refractivity contribution in [2.45, 2.75) is 32.4 Å². The van der Waals surface area contributed by atoms with Gasteiger partial charge in [-0.05, 0) is 25.3 Å². The third-order valence-corrected chi connectivity index (χ3v) is 2.78. The molecule has 0 amide bonds. The molecule has 1 aliphatic rings. The van der Waals surface area contributed by atoms with Gasteiger partial charge < -0.3 is 5.11 Å². The Morgan fingerprint density at radius 1 is 1.71 bits per heavy atom. The monoisotopic (exact) mass is 212 g/mol. The number of hydrogen-bond donors (Lipinski definition) is 1. The molecule has 1 aliphatic carbocycles. The zero-order valence-electron chi connectivity index (χ0n) is 8.07. The Morgan fingerprint density at radius 3 is 3.07 bits per heavy atom. The minimum Gasteiger partial charge on any atom is -0.389 e. The number of allylic oxidation sites excluding steroid dienone is 1. The first-order valence-electron chi connectivity index (χ1n) is 4.82. The van der Waals surface area contributed by atoms with E-state index in [9.17, 15) is 5.11 Å². The fraction of sp³-hybridized carbons (Fsp3) is 0.500. The first-order chi connectivity index (χ1) is 6.72. The fourth-order valence-corrected chi connectivity index (χ4v) is 2.08. The van der Waals surface area contributed by atoms with Crippen molar-refractivity contribution >= 4 is 17.2 Å². The minimum atomic E-state index is -0.318. The summed E-state index contributed by atoms with van der Waals surface area (Å²) >= 11 is 6.05. The highest BCUT2D eigenvalue weighted by atomic mass is 35.5.